The van der Waals surface area contributed by atoms with Crippen LogP contribution in [0.5, 0.6) is 0 Å². The minimum Gasteiger partial charge on any atom is -0.396 e. The van der Waals surface area contributed by atoms with Gasteiger partial charge in [0.2, 0.25) is 0 Å². The maximum Gasteiger partial charge on any atom is 0.0547 e. The highest BCUT2D eigenvalue weighted by atomic mass is 16.3. The Hall–Kier alpha value is -1.75. The zero-order valence-electron chi connectivity index (χ0n) is 17.2. The molecule has 3 rings (SSSR count). The number of rotatable bonds is 6. The van der Waals surface area contributed by atoms with Gasteiger partial charge in [-0.1, -0.05) is 18.2 Å². The molecule has 0 bridgehead atoms. The molecule has 1 atom stereocenters. The minimum atomic E-state index is 0.235. The van der Waals surface area contributed by atoms with Crippen LogP contribution in [0.4, 0.5) is 0 Å². The fraction of sp³-hybridized carbons (Fsp3) is 0.522. The molecule has 1 aliphatic heterocycles. The molecule has 1 unspecified atom stereocenters. The zero-order chi connectivity index (χ0) is 19.4. The van der Waals surface area contributed by atoms with Gasteiger partial charge in [-0.05, 0) is 68.5 Å². The highest BCUT2D eigenvalue weighted by Crippen LogP contribution is 2.21. The fourth-order valence-electron chi connectivity index (χ4n) is 4.06. The van der Waals surface area contributed by atoms with E-state index in [0.717, 1.165) is 50.5 Å². The SMILES string of the molecule is Cc1cccc(CN2CCN(Cc3cc(C)c(C)cc3C)CC2CCO)n1. The van der Waals surface area contributed by atoms with E-state index in [1.165, 1.54) is 22.3 Å². The molecule has 0 aliphatic carbocycles. The molecule has 1 saturated heterocycles. The Labute approximate surface area is 163 Å². The summed E-state index contributed by atoms with van der Waals surface area (Å²) in [5.74, 6) is 0. The van der Waals surface area contributed by atoms with Crippen molar-refractivity contribution < 1.29 is 5.11 Å². The van der Waals surface area contributed by atoms with E-state index in [-0.39, 0.29) is 6.61 Å². The van der Waals surface area contributed by atoms with Crippen molar-refractivity contribution in [3.63, 3.8) is 0 Å². The van der Waals surface area contributed by atoms with Crippen molar-refractivity contribution in [1.82, 2.24) is 14.8 Å². The van der Waals surface area contributed by atoms with Crippen LogP contribution in [0.1, 0.15) is 40.1 Å². The van der Waals surface area contributed by atoms with E-state index in [1.54, 1.807) is 0 Å². The topological polar surface area (TPSA) is 39.6 Å². The number of hydrogen-bond acceptors (Lipinski definition) is 4. The summed E-state index contributed by atoms with van der Waals surface area (Å²) in [5.41, 5.74) is 7.72. The van der Waals surface area contributed by atoms with Crippen molar-refractivity contribution in [3.8, 4) is 0 Å². The Morgan fingerprint density at radius 3 is 2.52 bits per heavy atom. The van der Waals surface area contributed by atoms with E-state index in [4.69, 9.17) is 0 Å². The highest BCUT2D eigenvalue weighted by molar-refractivity contribution is 5.36. The summed E-state index contributed by atoms with van der Waals surface area (Å²) in [6.45, 7) is 13.8. The molecular weight excluding hydrogens is 334 g/mol. The van der Waals surface area contributed by atoms with E-state index in [2.05, 4.69) is 59.8 Å². The van der Waals surface area contributed by atoms with Crippen LogP contribution in [0, 0.1) is 27.7 Å². The number of benzene rings is 1. The Bertz CT molecular complexity index is 774. The molecule has 0 saturated carbocycles. The summed E-state index contributed by atoms with van der Waals surface area (Å²) < 4.78 is 0. The van der Waals surface area contributed by atoms with E-state index in [1.807, 2.05) is 13.0 Å². The summed E-state index contributed by atoms with van der Waals surface area (Å²) in [7, 11) is 0. The lowest BCUT2D eigenvalue weighted by Crippen LogP contribution is -2.52. The number of nitrogens with zero attached hydrogens (tertiary/aromatic N) is 3. The number of pyridine rings is 1. The molecule has 4 heteroatoms. The molecule has 1 aromatic carbocycles. The third-order valence-electron chi connectivity index (χ3n) is 5.81. The van der Waals surface area contributed by atoms with Gasteiger partial charge in [0, 0.05) is 51.1 Å². The molecule has 2 heterocycles. The maximum absolute atomic E-state index is 9.57. The Balaban J connectivity index is 1.67. The van der Waals surface area contributed by atoms with Gasteiger partial charge in [0.05, 0.1) is 5.69 Å². The first kappa shape index (κ1) is 20.0. The second-order valence-corrected chi connectivity index (χ2v) is 8.00. The van der Waals surface area contributed by atoms with E-state index in [0.29, 0.717) is 6.04 Å². The molecule has 0 radical (unpaired) electrons. The quantitative estimate of drug-likeness (QED) is 0.850. The largest absolute Gasteiger partial charge is 0.396 e. The normalized spacial score (nSPS) is 18.8. The summed E-state index contributed by atoms with van der Waals surface area (Å²) >= 11 is 0. The lowest BCUT2D eigenvalue weighted by Gasteiger charge is -2.41. The second-order valence-electron chi connectivity index (χ2n) is 8.00. The summed E-state index contributed by atoms with van der Waals surface area (Å²) in [6.07, 6.45) is 0.814. The molecule has 1 N–H and O–H groups in total. The first-order chi connectivity index (χ1) is 13.0. The van der Waals surface area contributed by atoms with Crippen molar-refractivity contribution >= 4 is 0 Å². The van der Waals surface area contributed by atoms with Crippen LogP contribution in [-0.4, -0.2) is 52.2 Å². The second kappa shape index (κ2) is 8.96. The van der Waals surface area contributed by atoms with Gasteiger partial charge in [0.25, 0.3) is 0 Å². The molecule has 27 heavy (non-hydrogen) atoms. The Kier molecular flexibility index (Phi) is 6.64. The maximum atomic E-state index is 9.57. The summed E-state index contributed by atoms with van der Waals surface area (Å²) in [5, 5.41) is 9.57. The lowest BCUT2D eigenvalue weighted by molar-refractivity contribution is 0.0490. The van der Waals surface area contributed by atoms with Crippen molar-refractivity contribution in [2.75, 3.05) is 26.2 Å². The molecule has 1 aromatic heterocycles. The third-order valence-corrected chi connectivity index (χ3v) is 5.81. The molecular formula is C23H33N3O. The first-order valence-corrected chi connectivity index (χ1v) is 10.0. The smallest absolute Gasteiger partial charge is 0.0547 e. The summed E-state index contributed by atoms with van der Waals surface area (Å²) in [6, 6.07) is 11.2. The van der Waals surface area contributed by atoms with Gasteiger partial charge in [-0.25, -0.2) is 0 Å². The third kappa shape index (κ3) is 5.16. The van der Waals surface area contributed by atoms with E-state index >= 15 is 0 Å². The van der Waals surface area contributed by atoms with E-state index in [9.17, 15) is 5.11 Å². The molecule has 2 aromatic rings. The Morgan fingerprint density at radius 1 is 1.00 bits per heavy atom. The van der Waals surface area contributed by atoms with Gasteiger partial charge in [-0.15, -0.1) is 0 Å². The molecule has 146 valence electrons. The molecule has 0 spiro atoms. The van der Waals surface area contributed by atoms with Gasteiger partial charge < -0.3 is 5.11 Å². The number of hydrogen-bond donors (Lipinski definition) is 1. The van der Waals surface area contributed by atoms with Crippen molar-refractivity contribution in [1.29, 1.82) is 0 Å². The average Bonchev–Trinajstić information content (AvgIpc) is 2.62. The highest BCUT2D eigenvalue weighted by Gasteiger charge is 2.27. The Morgan fingerprint density at radius 2 is 1.78 bits per heavy atom. The fourth-order valence-corrected chi connectivity index (χ4v) is 4.06. The van der Waals surface area contributed by atoms with Gasteiger partial charge in [0.15, 0.2) is 0 Å². The van der Waals surface area contributed by atoms with Gasteiger partial charge in [-0.2, -0.15) is 0 Å². The van der Waals surface area contributed by atoms with Crippen LogP contribution in [-0.2, 0) is 13.1 Å². The molecule has 1 aliphatic rings. The van der Waals surface area contributed by atoms with Crippen LogP contribution >= 0.6 is 0 Å². The monoisotopic (exact) mass is 367 g/mol. The zero-order valence-corrected chi connectivity index (χ0v) is 17.2. The molecule has 0 amide bonds. The molecule has 4 nitrogen and oxygen atoms in total. The molecule has 1 fully saturated rings. The average molecular weight is 368 g/mol. The van der Waals surface area contributed by atoms with Crippen LogP contribution in [0.25, 0.3) is 0 Å². The number of aliphatic hydroxyl groups is 1. The van der Waals surface area contributed by atoms with Crippen molar-refractivity contribution in [3.05, 3.63) is 64.0 Å². The van der Waals surface area contributed by atoms with E-state index < -0.39 is 0 Å². The summed E-state index contributed by atoms with van der Waals surface area (Å²) in [4.78, 5) is 9.69. The first-order valence-electron chi connectivity index (χ1n) is 10.0. The van der Waals surface area contributed by atoms with Gasteiger partial charge in [-0.3, -0.25) is 14.8 Å². The predicted molar refractivity (Wildman–Crippen MR) is 111 cm³/mol. The van der Waals surface area contributed by atoms with Crippen molar-refractivity contribution in [2.24, 2.45) is 0 Å². The van der Waals surface area contributed by atoms with Crippen molar-refractivity contribution in [2.45, 2.75) is 53.2 Å². The van der Waals surface area contributed by atoms with Gasteiger partial charge in [0.1, 0.15) is 0 Å². The van der Waals surface area contributed by atoms with Gasteiger partial charge >= 0.3 is 0 Å². The van der Waals surface area contributed by atoms with Crippen LogP contribution in [0.3, 0.4) is 0 Å². The minimum absolute atomic E-state index is 0.235. The van der Waals surface area contributed by atoms with Crippen LogP contribution < -0.4 is 0 Å². The number of piperazine rings is 1. The van der Waals surface area contributed by atoms with Crippen LogP contribution in [0.2, 0.25) is 0 Å². The van der Waals surface area contributed by atoms with Crippen LogP contribution in [0.15, 0.2) is 30.3 Å². The number of aliphatic hydroxyl groups excluding tert-OH is 1. The lowest BCUT2D eigenvalue weighted by atomic mass is 9.99. The standard InChI is InChI=1S/C23H33N3O/c1-17-12-19(3)21(13-18(17)2)14-25-9-10-26(23(16-25)8-11-27)15-22-7-5-6-20(4)24-22/h5-7,12-13,23,27H,8-11,14-16H2,1-4H3. The number of aromatic nitrogens is 1. The number of aryl methyl sites for hydroxylation is 4. The predicted octanol–water partition coefficient (Wildman–Crippen LogP) is 3.38.